The second kappa shape index (κ2) is 8.08. The molecule has 2 heterocycles. The standard InChI is InChI=1S/C22H14ClFN2O5/c23-17-7-3-13(9-16(17)21(28)29)19-8-6-15(31-19)10-18-20(27)26(22(30)25-18)11-12-1-4-14(24)5-2-12/h1-10H,11H2,(H,25,30)(H,28,29)/p-1/b18-10-. The van der Waals surface area contributed by atoms with Crippen LogP contribution in [0.4, 0.5) is 9.18 Å². The lowest BCUT2D eigenvalue weighted by Crippen LogP contribution is -2.30. The number of hydrogen-bond acceptors (Lipinski definition) is 5. The molecule has 0 atom stereocenters. The minimum atomic E-state index is -1.42. The summed E-state index contributed by atoms with van der Waals surface area (Å²) in [6, 6.07) is 12.3. The zero-order valence-electron chi connectivity index (χ0n) is 15.7. The van der Waals surface area contributed by atoms with Gasteiger partial charge in [-0.25, -0.2) is 9.18 Å². The maximum Gasteiger partial charge on any atom is 0.329 e. The van der Waals surface area contributed by atoms with Gasteiger partial charge >= 0.3 is 6.03 Å². The smallest absolute Gasteiger partial charge is 0.329 e. The number of hydrogen-bond donors (Lipinski definition) is 1. The van der Waals surface area contributed by atoms with E-state index >= 15 is 0 Å². The molecule has 1 aliphatic rings. The molecule has 3 aromatic rings. The molecule has 0 aliphatic carbocycles. The largest absolute Gasteiger partial charge is 0.545 e. The van der Waals surface area contributed by atoms with Crippen molar-refractivity contribution in [1.82, 2.24) is 10.2 Å². The Labute approximate surface area is 180 Å². The number of furan rings is 1. The number of nitrogens with zero attached hydrogens (tertiary/aromatic N) is 1. The molecule has 3 amide bonds. The molecule has 2 aromatic carbocycles. The number of carbonyl (C=O) groups is 3. The maximum absolute atomic E-state index is 13.0. The van der Waals surface area contributed by atoms with Crippen LogP contribution in [0, 0.1) is 5.82 Å². The van der Waals surface area contributed by atoms with E-state index < -0.39 is 23.7 Å². The van der Waals surface area contributed by atoms with Crippen molar-refractivity contribution in [3.63, 3.8) is 0 Å². The predicted octanol–water partition coefficient (Wildman–Crippen LogP) is 3.20. The molecule has 0 bridgehead atoms. The van der Waals surface area contributed by atoms with E-state index in [-0.39, 0.29) is 28.6 Å². The summed E-state index contributed by atoms with van der Waals surface area (Å²) in [6.07, 6.45) is 1.37. The van der Waals surface area contributed by atoms with Crippen molar-refractivity contribution in [2.45, 2.75) is 6.54 Å². The van der Waals surface area contributed by atoms with E-state index in [0.717, 1.165) is 4.90 Å². The molecule has 0 unspecified atom stereocenters. The third kappa shape index (κ3) is 4.19. The third-order valence-corrected chi connectivity index (χ3v) is 4.93. The van der Waals surface area contributed by atoms with Gasteiger partial charge in [-0.2, -0.15) is 0 Å². The fraction of sp³-hybridized carbons (Fsp3) is 0.0455. The van der Waals surface area contributed by atoms with Gasteiger partial charge in [0.15, 0.2) is 0 Å². The van der Waals surface area contributed by atoms with E-state index in [0.29, 0.717) is 16.9 Å². The van der Waals surface area contributed by atoms with E-state index in [9.17, 15) is 23.9 Å². The highest BCUT2D eigenvalue weighted by Crippen LogP contribution is 2.28. The van der Waals surface area contributed by atoms with Gasteiger partial charge in [-0.3, -0.25) is 9.69 Å². The van der Waals surface area contributed by atoms with Gasteiger partial charge in [0, 0.05) is 22.2 Å². The third-order valence-electron chi connectivity index (χ3n) is 4.60. The zero-order valence-corrected chi connectivity index (χ0v) is 16.5. The van der Waals surface area contributed by atoms with Crippen molar-refractivity contribution in [3.05, 3.63) is 88.0 Å². The van der Waals surface area contributed by atoms with Crippen LogP contribution in [0.5, 0.6) is 0 Å². The Balaban J connectivity index is 1.55. The Bertz CT molecular complexity index is 1230. The number of aromatic carboxylic acids is 1. The molecule has 0 radical (unpaired) electrons. The number of carbonyl (C=O) groups excluding carboxylic acids is 3. The Morgan fingerprint density at radius 3 is 2.58 bits per heavy atom. The summed E-state index contributed by atoms with van der Waals surface area (Å²) in [5.41, 5.74) is 0.885. The van der Waals surface area contributed by atoms with Gasteiger partial charge in [-0.05, 0) is 48.0 Å². The molecule has 1 saturated heterocycles. The van der Waals surface area contributed by atoms with Gasteiger partial charge in [0.1, 0.15) is 23.0 Å². The minimum absolute atomic E-state index is 0.0114. The average Bonchev–Trinajstić information content (AvgIpc) is 3.30. The van der Waals surface area contributed by atoms with Gasteiger partial charge < -0.3 is 19.6 Å². The monoisotopic (exact) mass is 439 g/mol. The van der Waals surface area contributed by atoms with Gasteiger partial charge in [0.05, 0.1) is 12.5 Å². The van der Waals surface area contributed by atoms with Crippen LogP contribution in [0.1, 0.15) is 21.7 Å². The molecule has 1 fully saturated rings. The van der Waals surface area contributed by atoms with Crippen LogP contribution in [0.25, 0.3) is 17.4 Å². The van der Waals surface area contributed by atoms with Gasteiger partial charge in [-0.1, -0.05) is 23.7 Å². The summed E-state index contributed by atoms with van der Waals surface area (Å²) in [5.74, 6) is -1.78. The van der Waals surface area contributed by atoms with Crippen molar-refractivity contribution in [1.29, 1.82) is 0 Å². The highest BCUT2D eigenvalue weighted by atomic mass is 35.5. The van der Waals surface area contributed by atoms with Crippen LogP contribution >= 0.6 is 11.6 Å². The van der Waals surface area contributed by atoms with Gasteiger partial charge in [-0.15, -0.1) is 0 Å². The summed E-state index contributed by atoms with van der Waals surface area (Å²) in [4.78, 5) is 36.9. The number of imide groups is 1. The lowest BCUT2D eigenvalue weighted by Gasteiger charge is -2.11. The Morgan fingerprint density at radius 1 is 1.13 bits per heavy atom. The summed E-state index contributed by atoms with van der Waals surface area (Å²) in [7, 11) is 0. The van der Waals surface area contributed by atoms with Crippen LogP contribution in [0.2, 0.25) is 5.02 Å². The number of urea groups is 1. The number of rotatable bonds is 5. The van der Waals surface area contributed by atoms with Crippen molar-refractivity contribution >= 4 is 35.6 Å². The quantitative estimate of drug-likeness (QED) is 0.486. The van der Waals surface area contributed by atoms with Crippen LogP contribution in [-0.4, -0.2) is 22.8 Å². The van der Waals surface area contributed by atoms with Gasteiger partial charge in [0.25, 0.3) is 5.91 Å². The molecule has 4 rings (SSSR count). The highest BCUT2D eigenvalue weighted by Gasteiger charge is 2.33. The molecule has 156 valence electrons. The first-order valence-corrected chi connectivity index (χ1v) is 9.40. The lowest BCUT2D eigenvalue weighted by atomic mass is 10.1. The Kier molecular flexibility index (Phi) is 5.31. The summed E-state index contributed by atoms with van der Waals surface area (Å²) in [6.45, 7) is -0.0114. The van der Waals surface area contributed by atoms with E-state index in [1.54, 1.807) is 18.2 Å². The SMILES string of the molecule is O=C([O-])c1cc(-c2ccc(/C=C3\NC(=O)N(Cc4ccc(F)cc4)C3=O)o2)ccc1Cl. The number of halogens is 2. The topological polar surface area (TPSA) is 103 Å². The fourth-order valence-electron chi connectivity index (χ4n) is 3.05. The van der Waals surface area contributed by atoms with Crippen LogP contribution in [0.3, 0.4) is 0 Å². The van der Waals surface area contributed by atoms with E-state index in [2.05, 4.69) is 5.32 Å². The lowest BCUT2D eigenvalue weighted by molar-refractivity contribution is -0.255. The first-order valence-electron chi connectivity index (χ1n) is 9.02. The van der Waals surface area contributed by atoms with E-state index in [1.807, 2.05) is 0 Å². The van der Waals surface area contributed by atoms with Gasteiger partial charge in [0.2, 0.25) is 0 Å². The Hall–Kier alpha value is -3.91. The summed E-state index contributed by atoms with van der Waals surface area (Å²) in [5, 5.41) is 13.7. The van der Waals surface area contributed by atoms with Crippen molar-refractivity contribution in [3.8, 4) is 11.3 Å². The van der Waals surface area contributed by atoms with E-state index in [1.165, 1.54) is 42.5 Å². The normalized spacial score (nSPS) is 14.9. The molecule has 0 saturated carbocycles. The Morgan fingerprint density at radius 2 is 1.87 bits per heavy atom. The van der Waals surface area contributed by atoms with Crippen molar-refractivity contribution < 1.29 is 28.3 Å². The number of benzene rings is 2. The first kappa shape index (κ1) is 20.4. The second-order valence-corrected chi connectivity index (χ2v) is 7.10. The van der Waals surface area contributed by atoms with Crippen LogP contribution in [0.15, 0.2) is 64.7 Å². The molecule has 0 spiro atoms. The second-order valence-electron chi connectivity index (χ2n) is 6.69. The summed E-state index contributed by atoms with van der Waals surface area (Å²) >= 11 is 5.84. The number of carboxylic acid groups (broad SMARTS) is 1. The fourth-order valence-corrected chi connectivity index (χ4v) is 3.25. The molecule has 7 nitrogen and oxygen atoms in total. The molecule has 1 N–H and O–H groups in total. The van der Waals surface area contributed by atoms with E-state index in [4.69, 9.17) is 16.0 Å². The summed E-state index contributed by atoms with van der Waals surface area (Å²) < 4.78 is 18.7. The molecule has 9 heteroatoms. The molecular formula is C22H13ClFN2O5-. The van der Waals surface area contributed by atoms with Crippen LogP contribution in [-0.2, 0) is 11.3 Å². The predicted molar refractivity (Wildman–Crippen MR) is 107 cm³/mol. The number of amides is 3. The number of carboxylic acids is 1. The number of nitrogens with one attached hydrogen (secondary N) is 1. The van der Waals surface area contributed by atoms with Crippen molar-refractivity contribution in [2.75, 3.05) is 0 Å². The molecule has 1 aromatic heterocycles. The highest BCUT2D eigenvalue weighted by molar-refractivity contribution is 6.33. The van der Waals surface area contributed by atoms with Crippen molar-refractivity contribution in [2.24, 2.45) is 0 Å². The van der Waals surface area contributed by atoms with Crippen LogP contribution < -0.4 is 10.4 Å². The molecule has 1 aliphatic heterocycles. The molecular weight excluding hydrogens is 427 g/mol. The zero-order chi connectivity index (χ0) is 22.1. The molecule has 31 heavy (non-hydrogen) atoms. The average molecular weight is 440 g/mol. The first-order chi connectivity index (χ1) is 14.8. The maximum atomic E-state index is 13.0. The minimum Gasteiger partial charge on any atom is -0.545 e.